The summed E-state index contributed by atoms with van der Waals surface area (Å²) in [5.74, 6) is 0.494. The van der Waals surface area contributed by atoms with Crippen molar-refractivity contribution in [3.63, 3.8) is 0 Å². The molecule has 1 aliphatic rings. The van der Waals surface area contributed by atoms with Crippen molar-refractivity contribution in [3.8, 4) is 0 Å². The Morgan fingerprint density at radius 3 is 2.82 bits per heavy atom. The van der Waals surface area contributed by atoms with E-state index in [2.05, 4.69) is 10.4 Å². The van der Waals surface area contributed by atoms with Gasteiger partial charge in [-0.15, -0.1) is 0 Å². The lowest BCUT2D eigenvalue weighted by Crippen LogP contribution is -2.25. The van der Waals surface area contributed by atoms with Crippen LogP contribution < -0.4 is 5.32 Å². The third-order valence-electron chi connectivity index (χ3n) is 2.57. The predicted molar refractivity (Wildman–Crippen MR) is 65.2 cm³/mol. The summed E-state index contributed by atoms with van der Waals surface area (Å²) in [4.78, 5) is 12.1. The van der Waals surface area contributed by atoms with Gasteiger partial charge in [-0.25, -0.2) is 9.48 Å². The van der Waals surface area contributed by atoms with Crippen LogP contribution in [-0.2, 0) is 11.3 Å². The summed E-state index contributed by atoms with van der Waals surface area (Å²) in [5, 5.41) is 7.57. The summed E-state index contributed by atoms with van der Waals surface area (Å²) in [6.07, 6.45) is 1.03. The Labute approximate surface area is 101 Å². The molecule has 1 aromatic rings. The van der Waals surface area contributed by atoms with Crippen molar-refractivity contribution in [2.45, 2.75) is 46.3 Å². The van der Waals surface area contributed by atoms with E-state index in [0.717, 1.165) is 31.0 Å². The number of carbonyl (C=O) groups excluding carboxylic acids is 1. The average molecular weight is 237 g/mol. The summed E-state index contributed by atoms with van der Waals surface area (Å²) < 4.78 is 7.24. The van der Waals surface area contributed by atoms with Gasteiger partial charge in [0.05, 0.1) is 5.69 Å². The van der Waals surface area contributed by atoms with Crippen molar-refractivity contribution >= 4 is 11.8 Å². The molecule has 0 saturated carbocycles. The molecule has 5 heteroatoms. The van der Waals surface area contributed by atoms with Gasteiger partial charge in [0.25, 0.3) is 0 Å². The zero-order chi connectivity index (χ0) is 12.6. The molecule has 1 aliphatic heterocycles. The fourth-order valence-electron chi connectivity index (χ4n) is 1.93. The molecule has 5 nitrogen and oxygen atoms in total. The Bertz CT molecular complexity index is 443. The van der Waals surface area contributed by atoms with E-state index < -0.39 is 5.60 Å². The Morgan fingerprint density at radius 1 is 1.47 bits per heavy atom. The zero-order valence-corrected chi connectivity index (χ0v) is 10.8. The first kappa shape index (κ1) is 12.0. The van der Waals surface area contributed by atoms with Crippen LogP contribution in [0.25, 0.3) is 0 Å². The highest BCUT2D eigenvalue weighted by Crippen LogP contribution is 2.25. The third-order valence-corrected chi connectivity index (χ3v) is 2.57. The maximum atomic E-state index is 12.1. The molecule has 0 saturated heterocycles. The monoisotopic (exact) mass is 237 g/mol. The highest BCUT2D eigenvalue weighted by atomic mass is 16.6. The van der Waals surface area contributed by atoms with Gasteiger partial charge < -0.3 is 10.1 Å². The van der Waals surface area contributed by atoms with Gasteiger partial charge in [0, 0.05) is 13.1 Å². The first-order chi connectivity index (χ1) is 7.88. The highest BCUT2D eigenvalue weighted by molar-refractivity contribution is 5.96. The van der Waals surface area contributed by atoms with Gasteiger partial charge in [0.2, 0.25) is 0 Å². The second-order valence-corrected chi connectivity index (χ2v) is 5.31. The highest BCUT2D eigenvalue weighted by Gasteiger charge is 2.27. The van der Waals surface area contributed by atoms with Gasteiger partial charge in [-0.3, -0.25) is 0 Å². The number of hydrogen-bond donors (Lipinski definition) is 1. The first-order valence-electron chi connectivity index (χ1n) is 5.93. The zero-order valence-electron chi connectivity index (χ0n) is 10.8. The van der Waals surface area contributed by atoms with Crippen molar-refractivity contribution < 1.29 is 9.53 Å². The first-order valence-corrected chi connectivity index (χ1v) is 5.93. The van der Waals surface area contributed by atoms with Crippen LogP contribution in [0.3, 0.4) is 0 Å². The van der Waals surface area contributed by atoms with Crippen molar-refractivity contribution in [3.05, 3.63) is 11.3 Å². The molecule has 0 spiro atoms. The molecule has 94 valence electrons. The molecule has 0 unspecified atom stereocenters. The van der Waals surface area contributed by atoms with Crippen molar-refractivity contribution in [2.75, 3.05) is 11.9 Å². The molecule has 0 atom stereocenters. The molecule has 17 heavy (non-hydrogen) atoms. The van der Waals surface area contributed by atoms with Crippen molar-refractivity contribution in [1.29, 1.82) is 0 Å². The Hall–Kier alpha value is -1.52. The van der Waals surface area contributed by atoms with Gasteiger partial charge in [0.1, 0.15) is 17.0 Å². The number of aryl methyl sites for hydroxylation is 2. The number of fused-ring (bicyclic) bond motifs is 1. The van der Waals surface area contributed by atoms with E-state index in [1.165, 1.54) is 0 Å². The van der Waals surface area contributed by atoms with Crippen LogP contribution in [0.1, 0.15) is 43.2 Å². The van der Waals surface area contributed by atoms with E-state index in [9.17, 15) is 4.79 Å². The summed E-state index contributed by atoms with van der Waals surface area (Å²) in [6, 6.07) is 0. The van der Waals surface area contributed by atoms with Gasteiger partial charge >= 0.3 is 5.97 Å². The van der Waals surface area contributed by atoms with E-state index in [1.54, 1.807) is 0 Å². The van der Waals surface area contributed by atoms with Gasteiger partial charge in [-0.05, 0) is 34.1 Å². The molecule has 0 fully saturated rings. The minimum absolute atomic E-state index is 0.300. The summed E-state index contributed by atoms with van der Waals surface area (Å²) in [5.41, 5.74) is 0.816. The van der Waals surface area contributed by atoms with Crippen LogP contribution in [0.5, 0.6) is 0 Å². The second kappa shape index (κ2) is 4.05. The molecule has 0 bridgehead atoms. The molecule has 0 radical (unpaired) electrons. The number of ether oxygens (including phenoxy) is 1. The number of carbonyl (C=O) groups is 1. The molecule has 0 aliphatic carbocycles. The standard InChI is InChI=1S/C12H19N3O2/c1-8-9(11(16)17-12(2,3)4)10-13-6-5-7-15(10)14-8/h13H,5-7H2,1-4H3. The number of aromatic nitrogens is 2. The number of esters is 1. The van der Waals surface area contributed by atoms with Crippen LogP contribution in [0.4, 0.5) is 5.82 Å². The minimum Gasteiger partial charge on any atom is -0.456 e. The quantitative estimate of drug-likeness (QED) is 0.759. The largest absolute Gasteiger partial charge is 0.456 e. The fraction of sp³-hybridized carbons (Fsp3) is 0.667. The van der Waals surface area contributed by atoms with Crippen LogP contribution in [0.2, 0.25) is 0 Å². The Kier molecular flexibility index (Phi) is 2.85. The lowest BCUT2D eigenvalue weighted by atomic mass is 10.1. The minimum atomic E-state index is -0.479. The lowest BCUT2D eigenvalue weighted by molar-refractivity contribution is 0.00698. The van der Waals surface area contributed by atoms with Gasteiger partial charge in [-0.1, -0.05) is 0 Å². The lowest BCUT2D eigenvalue weighted by Gasteiger charge is -2.21. The average Bonchev–Trinajstić information content (AvgIpc) is 2.50. The molecule has 1 aromatic heterocycles. The summed E-state index contributed by atoms with van der Waals surface area (Å²) in [6.45, 7) is 9.16. The molecule has 2 heterocycles. The maximum Gasteiger partial charge on any atom is 0.344 e. The van der Waals surface area contributed by atoms with E-state index >= 15 is 0 Å². The van der Waals surface area contributed by atoms with Crippen LogP contribution in [-0.4, -0.2) is 27.9 Å². The van der Waals surface area contributed by atoms with Crippen molar-refractivity contribution in [2.24, 2.45) is 0 Å². The van der Waals surface area contributed by atoms with E-state index in [1.807, 2.05) is 32.4 Å². The summed E-state index contributed by atoms with van der Waals surface area (Å²) >= 11 is 0. The number of rotatable bonds is 1. The molecular weight excluding hydrogens is 218 g/mol. The van der Waals surface area contributed by atoms with E-state index in [-0.39, 0.29) is 5.97 Å². The van der Waals surface area contributed by atoms with Crippen LogP contribution in [0.15, 0.2) is 0 Å². The third kappa shape index (κ3) is 2.43. The molecule has 0 amide bonds. The SMILES string of the molecule is Cc1nn2c(c1C(=O)OC(C)(C)C)NCCC2. The molecule has 1 N–H and O–H groups in total. The van der Waals surface area contributed by atoms with Gasteiger partial charge in [0.15, 0.2) is 0 Å². The second-order valence-electron chi connectivity index (χ2n) is 5.31. The molecular formula is C12H19N3O2. The number of nitrogens with one attached hydrogen (secondary N) is 1. The predicted octanol–water partition coefficient (Wildman–Crippen LogP) is 1.96. The number of hydrogen-bond acceptors (Lipinski definition) is 4. The van der Waals surface area contributed by atoms with Crippen LogP contribution in [0, 0.1) is 6.92 Å². The van der Waals surface area contributed by atoms with E-state index in [4.69, 9.17) is 4.74 Å². The van der Waals surface area contributed by atoms with E-state index in [0.29, 0.717) is 5.56 Å². The summed E-state index contributed by atoms with van der Waals surface area (Å²) in [7, 11) is 0. The normalized spacial score (nSPS) is 15.1. The Morgan fingerprint density at radius 2 is 2.18 bits per heavy atom. The number of nitrogens with zero attached hydrogens (tertiary/aromatic N) is 2. The molecule has 2 rings (SSSR count). The molecule has 0 aromatic carbocycles. The number of anilines is 1. The Balaban J connectivity index is 2.32. The van der Waals surface area contributed by atoms with Crippen molar-refractivity contribution in [1.82, 2.24) is 9.78 Å². The fourth-order valence-corrected chi connectivity index (χ4v) is 1.93. The van der Waals surface area contributed by atoms with Crippen LogP contribution >= 0.6 is 0 Å². The topological polar surface area (TPSA) is 56.2 Å². The smallest absolute Gasteiger partial charge is 0.344 e. The maximum absolute atomic E-state index is 12.1. The van der Waals surface area contributed by atoms with Gasteiger partial charge in [-0.2, -0.15) is 5.10 Å².